The van der Waals surface area contributed by atoms with E-state index >= 15 is 0 Å². The van der Waals surface area contributed by atoms with E-state index in [1.54, 1.807) is 6.07 Å². The molecule has 0 spiro atoms. The van der Waals surface area contributed by atoms with Crippen LogP contribution in [0.5, 0.6) is 0 Å². The molecule has 6 heteroatoms. The van der Waals surface area contributed by atoms with E-state index in [-0.39, 0.29) is 0 Å². The van der Waals surface area contributed by atoms with Crippen LogP contribution >= 0.6 is 15.9 Å². The molecule has 0 aliphatic heterocycles. The summed E-state index contributed by atoms with van der Waals surface area (Å²) in [5.74, 6) is 0.522. The Morgan fingerprint density at radius 3 is 2.67 bits per heavy atom. The van der Waals surface area contributed by atoms with Crippen LogP contribution in [0, 0.1) is 12.8 Å². The number of hydrogen-bond acceptors (Lipinski definition) is 3. The van der Waals surface area contributed by atoms with Gasteiger partial charge in [0, 0.05) is 17.6 Å². The van der Waals surface area contributed by atoms with Crippen LogP contribution in [-0.2, 0) is 16.6 Å². The van der Waals surface area contributed by atoms with Gasteiger partial charge in [0.2, 0.25) is 10.0 Å². The molecule has 1 fully saturated rings. The molecule has 4 nitrogen and oxygen atoms in total. The van der Waals surface area contributed by atoms with Crippen molar-refractivity contribution in [3.05, 3.63) is 27.7 Å². The van der Waals surface area contributed by atoms with E-state index in [2.05, 4.69) is 32.9 Å². The van der Waals surface area contributed by atoms with E-state index in [4.69, 9.17) is 0 Å². The van der Waals surface area contributed by atoms with Gasteiger partial charge in [0.25, 0.3) is 0 Å². The van der Waals surface area contributed by atoms with Crippen LogP contribution in [-0.4, -0.2) is 21.5 Å². The number of aryl methyl sites for hydroxylation is 1. The summed E-state index contributed by atoms with van der Waals surface area (Å²) in [6, 6.07) is 3.78. The van der Waals surface area contributed by atoms with Gasteiger partial charge >= 0.3 is 0 Å². The summed E-state index contributed by atoms with van der Waals surface area (Å²) in [6.07, 6.45) is 3.32. The topological polar surface area (TPSA) is 58.2 Å². The molecule has 2 rings (SSSR count). The van der Waals surface area contributed by atoms with Crippen molar-refractivity contribution >= 4 is 26.0 Å². The standard InChI is InChI=1S/C15H23BrN2O2S/c1-3-6-17-9-13-7-11(2)15(16)14(8-13)21(19,20)18-10-12-4-5-12/h7-8,12,17-18H,3-6,9-10H2,1-2H3. The molecule has 1 aliphatic rings. The maximum atomic E-state index is 12.5. The first-order chi connectivity index (χ1) is 9.94. The van der Waals surface area contributed by atoms with Crippen LogP contribution in [0.4, 0.5) is 0 Å². The van der Waals surface area contributed by atoms with Gasteiger partial charge in [-0.2, -0.15) is 0 Å². The Bertz CT molecular complexity index is 598. The molecule has 1 aromatic rings. The van der Waals surface area contributed by atoms with Crippen molar-refractivity contribution in [2.45, 2.75) is 44.6 Å². The highest BCUT2D eigenvalue weighted by Gasteiger charge is 2.26. The first-order valence-corrected chi connectivity index (χ1v) is 9.71. The van der Waals surface area contributed by atoms with Crippen molar-refractivity contribution in [1.29, 1.82) is 0 Å². The third kappa shape index (κ3) is 4.77. The number of sulfonamides is 1. The van der Waals surface area contributed by atoms with Crippen LogP contribution in [0.25, 0.3) is 0 Å². The van der Waals surface area contributed by atoms with E-state index in [1.807, 2.05) is 13.0 Å². The largest absolute Gasteiger partial charge is 0.313 e. The summed E-state index contributed by atoms with van der Waals surface area (Å²) in [6.45, 7) is 6.20. The maximum Gasteiger partial charge on any atom is 0.241 e. The zero-order valence-corrected chi connectivity index (χ0v) is 15.0. The van der Waals surface area contributed by atoms with Crippen molar-refractivity contribution < 1.29 is 8.42 Å². The van der Waals surface area contributed by atoms with Gasteiger partial charge < -0.3 is 5.32 Å². The maximum absolute atomic E-state index is 12.5. The monoisotopic (exact) mass is 374 g/mol. The lowest BCUT2D eigenvalue weighted by Crippen LogP contribution is -2.26. The molecule has 0 unspecified atom stereocenters. The molecule has 1 aromatic carbocycles. The first kappa shape index (κ1) is 16.9. The zero-order valence-electron chi connectivity index (χ0n) is 12.6. The lowest BCUT2D eigenvalue weighted by Gasteiger charge is -2.13. The minimum Gasteiger partial charge on any atom is -0.313 e. The minimum absolute atomic E-state index is 0.344. The highest BCUT2D eigenvalue weighted by Crippen LogP contribution is 2.30. The van der Waals surface area contributed by atoms with Crippen molar-refractivity contribution in [3.63, 3.8) is 0 Å². The second-order valence-corrected chi connectivity index (χ2v) is 8.23. The fourth-order valence-corrected chi connectivity index (χ4v) is 4.33. The molecule has 2 N–H and O–H groups in total. The predicted octanol–water partition coefficient (Wildman–Crippen LogP) is 2.95. The molecule has 21 heavy (non-hydrogen) atoms. The Kier molecular flexibility index (Phi) is 5.82. The van der Waals surface area contributed by atoms with E-state index < -0.39 is 10.0 Å². The van der Waals surface area contributed by atoms with Gasteiger partial charge in [0.05, 0.1) is 4.90 Å². The van der Waals surface area contributed by atoms with Crippen molar-refractivity contribution in [2.24, 2.45) is 5.92 Å². The molecule has 0 amide bonds. The Morgan fingerprint density at radius 2 is 2.05 bits per heavy atom. The predicted molar refractivity (Wildman–Crippen MR) is 88.8 cm³/mol. The normalized spacial score (nSPS) is 15.4. The van der Waals surface area contributed by atoms with E-state index in [0.29, 0.717) is 28.4 Å². The van der Waals surface area contributed by atoms with Crippen molar-refractivity contribution in [1.82, 2.24) is 10.0 Å². The van der Waals surface area contributed by atoms with Gasteiger partial charge in [-0.1, -0.05) is 13.0 Å². The Labute approximate surface area is 135 Å². The minimum atomic E-state index is -3.45. The lowest BCUT2D eigenvalue weighted by molar-refractivity contribution is 0.576. The van der Waals surface area contributed by atoms with E-state index in [9.17, 15) is 8.42 Å². The highest BCUT2D eigenvalue weighted by atomic mass is 79.9. The Morgan fingerprint density at radius 1 is 1.33 bits per heavy atom. The number of rotatable bonds is 8. The fourth-order valence-electron chi connectivity index (χ4n) is 2.14. The summed E-state index contributed by atoms with van der Waals surface area (Å²) in [4.78, 5) is 0.344. The zero-order chi connectivity index (χ0) is 15.5. The van der Waals surface area contributed by atoms with Crippen LogP contribution in [0.2, 0.25) is 0 Å². The van der Waals surface area contributed by atoms with Crippen molar-refractivity contribution in [3.8, 4) is 0 Å². The number of hydrogen-bond donors (Lipinski definition) is 2. The van der Waals surface area contributed by atoms with Gasteiger partial charge in [0.1, 0.15) is 0 Å². The van der Waals surface area contributed by atoms with Crippen molar-refractivity contribution in [2.75, 3.05) is 13.1 Å². The molecule has 1 aliphatic carbocycles. The number of benzene rings is 1. The van der Waals surface area contributed by atoms with Gasteiger partial charge in [0.15, 0.2) is 0 Å². The molecular weight excluding hydrogens is 352 g/mol. The van der Waals surface area contributed by atoms with Gasteiger partial charge in [-0.05, 0) is 71.8 Å². The summed E-state index contributed by atoms with van der Waals surface area (Å²) < 4.78 is 28.3. The van der Waals surface area contributed by atoms with E-state index in [0.717, 1.165) is 36.9 Å². The fraction of sp³-hybridized carbons (Fsp3) is 0.600. The third-order valence-electron chi connectivity index (χ3n) is 3.59. The quantitative estimate of drug-likeness (QED) is 0.687. The van der Waals surface area contributed by atoms with Crippen LogP contribution in [0.1, 0.15) is 37.3 Å². The number of halogens is 1. The molecule has 0 atom stereocenters. The van der Waals surface area contributed by atoms with Gasteiger partial charge in [-0.15, -0.1) is 0 Å². The molecule has 0 aromatic heterocycles. The van der Waals surface area contributed by atoms with Crippen LogP contribution in [0.3, 0.4) is 0 Å². The molecular formula is C15H23BrN2O2S. The summed E-state index contributed by atoms with van der Waals surface area (Å²) in [5.41, 5.74) is 1.94. The van der Waals surface area contributed by atoms with Gasteiger partial charge in [-0.3, -0.25) is 0 Å². The number of nitrogens with one attached hydrogen (secondary N) is 2. The Hall–Kier alpha value is -0.430. The average Bonchev–Trinajstić information content (AvgIpc) is 3.24. The van der Waals surface area contributed by atoms with Crippen LogP contribution in [0.15, 0.2) is 21.5 Å². The second kappa shape index (κ2) is 7.22. The summed E-state index contributed by atoms with van der Waals surface area (Å²) in [7, 11) is -3.45. The highest BCUT2D eigenvalue weighted by molar-refractivity contribution is 9.10. The molecule has 118 valence electrons. The smallest absolute Gasteiger partial charge is 0.241 e. The molecule has 0 saturated heterocycles. The lowest BCUT2D eigenvalue weighted by atomic mass is 10.1. The molecule has 0 bridgehead atoms. The van der Waals surface area contributed by atoms with E-state index in [1.165, 1.54) is 0 Å². The summed E-state index contributed by atoms with van der Waals surface area (Å²) in [5, 5.41) is 3.31. The third-order valence-corrected chi connectivity index (χ3v) is 6.35. The molecule has 0 heterocycles. The first-order valence-electron chi connectivity index (χ1n) is 7.43. The molecule has 0 radical (unpaired) electrons. The SMILES string of the molecule is CCCNCc1cc(C)c(Br)c(S(=O)(=O)NCC2CC2)c1. The molecule has 1 saturated carbocycles. The van der Waals surface area contributed by atoms with Gasteiger partial charge in [-0.25, -0.2) is 13.1 Å². The Balaban J connectivity index is 2.19. The summed E-state index contributed by atoms with van der Waals surface area (Å²) >= 11 is 3.42. The second-order valence-electron chi connectivity index (χ2n) is 5.70. The average molecular weight is 375 g/mol. The van der Waals surface area contributed by atoms with Crippen LogP contribution < -0.4 is 10.0 Å².